The van der Waals surface area contributed by atoms with Crippen LogP contribution < -0.4 is 0 Å². The van der Waals surface area contributed by atoms with Gasteiger partial charge in [-0.2, -0.15) is 5.26 Å². The SMILES string of the molecule is N#Cc1cc(-c2ccccc2)ccc1-c1ccc(-n2c3ccccc3c3c4oc5ccccc5c4ccc32)cc1-n1c2ccccc2c2c3oc4ccccc4c3ccc21. The van der Waals surface area contributed by atoms with Crippen molar-refractivity contribution in [1.82, 2.24) is 9.13 Å². The summed E-state index contributed by atoms with van der Waals surface area (Å²) in [6.07, 6.45) is 0. The average Bonchev–Trinajstić information content (AvgIpc) is 4.06. The maximum absolute atomic E-state index is 10.8. The van der Waals surface area contributed by atoms with Crippen LogP contribution in [0.2, 0.25) is 0 Å². The lowest BCUT2D eigenvalue weighted by atomic mass is 9.94. The molecule has 0 unspecified atom stereocenters. The predicted molar refractivity (Wildman–Crippen MR) is 245 cm³/mol. The Morgan fingerprint density at radius 1 is 0.383 bits per heavy atom. The van der Waals surface area contributed by atoms with E-state index >= 15 is 0 Å². The first-order chi connectivity index (χ1) is 29.7. The van der Waals surface area contributed by atoms with Gasteiger partial charge in [0.05, 0.1) is 50.2 Å². The van der Waals surface area contributed by atoms with Crippen LogP contribution in [0.3, 0.4) is 0 Å². The van der Waals surface area contributed by atoms with Gasteiger partial charge >= 0.3 is 0 Å². The van der Waals surface area contributed by atoms with Gasteiger partial charge in [0.15, 0.2) is 0 Å². The number of para-hydroxylation sites is 4. The van der Waals surface area contributed by atoms with Crippen LogP contribution in [0.25, 0.3) is 121 Å². The van der Waals surface area contributed by atoms with E-state index in [9.17, 15) is 5.26 Å². The number of aromatic nitrogens is 2. The lowest BCUT2D eigenvalue weighted by molar-refractivity contribution is 0.672. The first kappa shape index (κ1) is 32.7. The Kier molecular flexibility index (Phi) is 6.73. The highest BCUT2D eigenvalue weighted by atomic mass is 16.3. The van der Waals surface area contributed by atoms with Crippen molar-refractivity contribution in [3.63, 3.8) is 0 Å². The van der Waals surface area contributed by atoms with E-state index in [0.29, 0.717) is 5.56 Å². The maximum Gasteiger partial charge on any atom is 0.145 e. The highest BCUT2D eigenvalue weighted by Crippen LogP contribution is 2.45. The van der Waals surface area contributed by atoms with Gasteiger partial charge in [0, 0.05) is 49.1 Å². The van der Waals surface area contributed by atoms with E-state index in [1.54, 1.807) is 0 Å². The summed E-state index contributed by atoms with van der Waals surface area (Å²) < 4.78 is 18.0. The number of rotatable bonds is 4. The lowest BCUT2D eigenvalue weighted by Gasteiger charge is -2.18. The lowest BCUT2D eigenvalue weighted by Crippen LogP contribution is -2.02. The molecule has 0 atom stereocenters. The molecule has 0 spiro atoms. The van der Waals surface area contributed by atoms with E-state index in [-0.39, 0.29) is 0 Å². The van der Waals surface area contributed by atoms with E-state index in [1.807, 2.05) is 48.5 Å². The van der Waals surface area contributed by atoms with Crippen LogP contribution in [-0.4, -0.2) is 9.13 Å². The van der Waals surface area contributed by atoms with Gasteiger partial charge in [-0.05, 0) is 77.9 Å². The Bertz CT molecular complexity index is 3960. The van der Waals surface area contributed by atoms with E-state index in [0.717, 1.165) is 121 Å². The Balaban J connectivity index is 1.14. The van der Waals surface area contributed by atoms with Gasteiger partial charge in [0.1, 0.15) is 22.3 Å². The van der Waals surface area contributed by atoms with Crippen molar-refractivity contribution in [2.45, 2.75) is 0 Å². The minimum Gasteiger partial charge on any atom is -0.455 e. The summed E-state index contributed by atoms with van der Waals surface area (Å²) in [4.78, 5) is 0. The molecule has 5 nitrogen and oxygen atoms in total. The van der Waals surface area contributed by atoms with Crippen molar-refractivity contribution in [1.29, 1.82) is 5.26 Å². The summed E-state index contributed by atoms with van der Waals surface area (Å²) >= 11 is 0. The van der Waals surface area contributed by atoms with Gasteiger partial charge < -0.3 is 18.0 Å². The van der Waals surface area contributed by atoms with E-state index in [1.165, 1.54) is 0 Å². The first-order valence-corrected chi connectivity index (χ1v) is 20.1. The average molecular weight is 766 g/mol. The smallest absolute Gasteiger partial charge is 0.145 e. The molecule has 9 aromatic carbocycles. The number of benzene rings is 9. The highest BCUT2D eigenvalue weighted by Gasteiger charge is 2.24. The Hall–Kier alpha value is -8.33. The van der Waals surface area contributed by atoms with Crippen LogP contribution in [0, 0.1) is 11.3 Å². The van der Waals surface area contributed by atoms with Crippen molar-refractivity contribution in [2.24, 2.45) is 0 Å². The van der Waals surface area contributed by atoms with Gasteiger partial charge in [-0.1, -0.05) is 121 Å². The number of hydrogen-bond acceptors (Lipinski definition) is 3. The number of nitriles is 1. The second-order valence-corrected chi connectivity index (χ2v) is 15.5. The van der Waals surface area contributed by atoms with Crippen LogP contribution in [0.1, 0.15) is 5.56 Å². The molecule has 0 bridgehead atoms. The Labute approximate surface area is 342 Å². The summed E-state index contributed by atoms with van der Waals surface area (Å²) in [5.41, 5.74) is 14.1. The molecule has 13 rings (SSSR count). The molecular formula is C55H31N3O2. The molecule has 0 amide bonds. The van der Waals surface area contributed by atoms with Crippen molar-refractivity contribution >= 4 is 87.5 Å². The molecule has 0 aliphatic rings. The molecule has 0 saturated heterocycles. The zero-order valence-electron chi connectivity index (χ0n) is 32.1. The molecule has 0 aliphatic carbocycles. The third kappa shape index (κ3) is 4.50. The fourth-order valence-corrected chi connectivity index (χ4v) is 9.76. The normalized spacial score (nSPS) is 12.0. The molecule has 0 N–H and O–H groups in total. The predicted octanol–water partition coefficient (Wildman–Crippen LogP) is 14.9. The fourth-order valence-electron chi connectivity index (χ4n) is 9.76. The van der Waals surface area contributed by atoms with Crippen molar-refractivity contribution in [2.75, 3.05) is 0 Å². The molecule has 0 saturated carbocycles. The van der Waals surface area contributed by atoms with E-state index in [4.69, 9.17) is 8.83 Å². The largest absolute Gasteiger partial charge is 0.455 e. The molecule has 278 valence electrons. The molecule has 0 fully saturated rings. The molecule has 0 radical (unpaired) electrons. The second kappa shape index (κ2) is 12.3. The zero-order chi connectivity index (χ0) is 39.5. The third-order valence-corrected chi connectivity index (χ3v) is 12.4. The first-order valence-electron chi connectivity index (χ1n) is 20.1. The summed E-state index contributed by atoms with van der Waals surface area (Å²) in [7, 11) is 0. The Morgan fingerprint density at radius 3 is 1.55 bits per heavy atom. The molecule has 0 aliphatic heterocycles. The molecule has 13 aromatic rings. The number of hydrogen-bond donors (Lipinski definition) is 0. The molecule has 4 aromatic heterocycles. The molecular weight excluding hydrogens is 735 g/mol. The molecule has 60 heavy (non-hydrogen) atoms. The molecule has 4 heterocycles. The zero-order valence-corrected chi connectivity index (χ0v) is 32.1. The van der Waals surface area contributed by atoms with Gasteiger partial charge in [0.2, 0.25) is 0 Å². The van der Waals surface area contributed by atoms with E-state index in [2.05, 4.69) is 155 Å². The summed E-state index contributed by atoms with van der Waals surface area (Å²) in [6, 6.07) is 68.1. The van der Waals surface area contributed by atoms with Crippen LogP contribution in [0.4, 0.5) is 0 Å². The summed E-state index contributed by atoms with van der Waals surface area (Å²) in [6.45, 7) is 0. The minimum absolute atomic E-state index is 0.606. The third-order valence-electron chi connectivity index (χ3n) is 12.4. The van der Waals surface area contributed by atoms with Crippen LogP contribution in [-0.2, 0) is 0 Å². The van der Waals surface area contributed by atoms with Crippen molar-refractivity contribution < 1.29 is 8.83 Å². The van der Waals surface area contributed by atoms with Gasteiger partial charge in [-0.15, -0.1) is 0 Å². The number of fused-ring (bicyclic) bond motifs is 14. The van der Waals surface area contributed by atoms with Crippen molar-refractivity contribution in [3.8, 4) is 39.7 Å². The minimum atomic E-state index is 0.606. The Morgan fingerprint density at radius 2 is 0.917 bits per heavy atom. The number of furan rings is 2. The number of nitrogens with zero attached hydrogens (tertiary/aromatic N) is 3. The van der Waals surface area contributed by atoms with Crippen molar-refractivity contribution in [3.05, 3.63) is 194 Å². The molecule has 5 heteroatoms. The second-order valence-electron chi connectivity index (χ2n) is 15.5. The van der Waals surface area contributed by atoms with Gasteiger partial charge in [-0.3, -0.25) is 0 Å². The van der Waals surface area contributed by atoms with Crippen LogP contribution in [0.15, 0.2) is 197 Å². The highest BCUT2D eigenvalue weighted by molar-refractivity contribution is 6.25. The quantitative estimate of drug-likeness (QED) is 0.179. The maximum atomic E-state index is 10.8. The standard InChI is InChI=1S/C55H31N3O2/c56-32-35-30-34(33-12-2-1-3-13-33)22-24-37(35)38-25-23-36(57-45-18-8-4-16-43(45)52-47(57)28-26-41-39-14-6-10-20-50(39)59-54(41)52)31-49(38)58-46-19-9-5-17-44(46)53-48(58)29-27-42-40-15-7-11-21-51(40)60-55(42)53/h1-31H. The summed E-state index contributed by atoms with van der Waals surface area (Å²) in [5, 5.41) is 19.5. The van der Waals surface area contributed by atoms with Gasteiger partial charge in [0.25, 0.3) is 0 Å². The topological polar surface area (TPSA) is 59.9 Å². The summed E-state index contributed by atoms with van der Waals surface area (Å²) in [5.74, 6) is 0. The monoisotopic (exact) mass is 765 g/mol. The fraction of sp³-hybridized carbons (Fsp3) is 0. The van der Waals surface area contributed by atoms with Crippen LogP contribution in [0.5, 0.6) is 0 Å². The van der Waals surface area contributed by atoms with Gasteiger partial charge in [-0.25, -0.2) is 0 Å². The van der Waals surface area contributed by atoms with E-state index < -0.39 is 0 Å². The van der Waals surface area contributed by atoms with Crippen LogP contribution >= 0.6 is 0 Å².